The van der Waals surface area contributed by atoms with Crippen LogP contribution < -0.4 is 5.32 Å². The van der Waals surface area contributed by atoms with Crippen molar-refractivity contribution in [1.82, 2.24) is 5.32 Å². The Balaban J connectivity index is 1.16. The van der Waals surface area contributed by atoms with Gasteiger partial charge in [-0.15, -0.1) is 0 Å². The maximum Gasteiger partial charge on any atom is 0.328 e. The van der Waals surface area contributed by atoms with Crippen molar-refractivity contribution >= 4 is 29.4 Å². The lowest BCUT2D eigenvalue weighted by atomic mass is 9.45. The van der Waals surface area contributed by atoms with Gasteiger partial charge < -0.3 is 30.1 Å². The van der Waals surface area contributed by atoms with Crippen molar-refractivity contribution < 1.29 is 48.8 Å². The van der Waals surface area contributed by atoms with Crippen molar-refractivity contribution in [3.05, 3.63) is 41.5 Å². The molecule has 0 bridgehead atoms. The van der Waals surface area contributed by atoms with E-state index in [1.165, 1.54) is 12.1 Å². The fourth-order valence-corrected chi connectivity index (χ4v) is 9.27. The number of hydrogen-bond acceptors (Lipinski definition) is 10. The first-order valence-electron chi connectivity index (χ1n) is 16.8. The summed E-state index contributed by atoms with van der Waals surface area (Å²) < 4.78 is 10.3. The van der Waals surface area contributed by atoms with Crippen LogP contribution in [0, 0.1) is 28.6 Å². The summed E-state index contributed by atoms with van der Waals surface area (Å²) in [5.41, 5.74) is -1.17. The third-order valence-corrected chi connectivity index (χ3v) is 11.7. The molecule has 4 N–H and O–H groups in total. The molecule has 11 nitrogen and oxygen atoms in total. The molecule has 0 spiro atoms. The molecule has 1 aromatic carbocycles. The van der Waals surface area contributed by atoms with Gasteiger partial charge in [-0.25, -0.2) is 4.79 Å². The van der Waals surface area contributed by atoms with Gasteiger partial charge in [0.25, 0.3) is 0 Å². The molecule has 1 aromatic rings. The summed E-state index contributed by atoms with van der Waals surface area (Å²) in [6.45, 7) is 5.13. The molecular weight excluding hydrogens is 606 g/mol. The number of phenols is 1. The van der Waals surface area contributed by atoms with Crippen LogP contribution in [0.2, 0.25) is 0 Å². The first kappa shape index (κ1) is 34.8. The molecule has 11 heteroatoms. The maximum absolute atomic E-state index is 13.5. The number of aliphatic hydroxyl groups excluding tert-OH is 1. The van der Waals surface area contributed by atoms with Gasteiger partial charge in [-0.3, -0.25) is 19.2 Å². The van der Waals surface area contributed by atoms with Crippen molar-refractivity contribution in [2.24, 2.45) is 28.6 Å². The Hall–Kier alpha value is -3.57. The van der Waals surface area contributed by atoms with Gasteiger partial charge in [0, 0.05) is 24.7 Å². The SMILES string of the molecule is CCOC(=O)C(Cc1ccc(O)cc1)NC(=O)CCC(=O)OCC(=O)[C@@]1(O)CCC2C3CCC4=CC(=O)CC[C@]4(C)C3C(O)C[C@@]21C. The summed E-state index contributed by atoms with van der Waals surface area (Å²) in [6, 6.07) is 5.18. The minimum Gasteiger partial charge on any atom is -0.508 e. The van der Waals surface area contributed by atoms with Crippen LogP contribution >= 0.6 is 0 Å². The molecule has 0 aromatic heterocycles. The lowest BCUT2D eigenvalue weighted by Gasteiger charge is -2.60. The molecule has 1 amide bonds. The monoisotopic (exact) mass is 653 g/mol. The number of fused-ring (bicyclic) bond motifs is 5. The van der Waals surface area contributed by atoms with Gasteiger partial charge in [0.1, 0.15) is 17.4 Å². The Morgan fingerprint density at radius 2 is 1.74 bits per heavy atom. The predicted molar refractivity (Wildman–Crippen MR) is 169 cm³/mol. The van der Waals surface area contributed by atoms with Crippen LogP contribution in [0.4, 0.5) is 0 Å². The normalized spacial score (nSPS) is 33.4. The molecule has 0 heterocycles. The van der Waals surface area contributed by atoms with Gasteiger partial charge in [-0.2, -0.15) is 0 Å². The van der Waals surface area contributed by atoms with Crippen molar-refractivity contribution in [2.75, 3.05) is 13.2 Å². The Bertz CT molecular complexity index is 1440. The number of ketones is 2. The maximum atomic E-state index is 13.5. The highest BCUT2D eigenvalue weighted by molar-refractivity contribution is 5.92. The van der Waals surface area contributed by atoms with Crippen LogP contribution in [-0.4, -0.2) is 75.7 Å². The molecule has 0 aliphatic heterocycles. The summed E-state index contributed by atoms with van der Waals surface area (Å²) >= 11 is 0. The summed E-state index contributed by atoms with van der Waals surface area (Å²) in [5.74, 6) is -2.40. The van der Waals surface area contributed by atoms with Crippen molar-refractivity contribution in [3.63, 3.8) is 0 Å². The summed E-state index contributed by atoms with van der Waals surface area (Å²) in [6.07, 6.45) is 4.24. The second kappa shape index (κ2) is 13.5. The minimum absolute atomic E-state index is 0.00540. The molecule has 5 unspecified atom stereocenters. The van der Waals surface area contributed by atoms with Gasteiger partial charge in [0.2, 0.25) is 11.7 Å². The average molecular weight is 654 g/mol. The van der Waals surface area contributed by atoms with E-state index >= 15 is 0 Å². The molecule has 3 saturated carbocycles. The summed E-state index contributed by atoms with van der Waals surface area (Å²) in [4.78, 5) is 63.4. The summed E-state index contributed by atoms with van der Waals surface area (Å²) in [5, 5.41) is 35.5. The van der Waals surface area contributed by atoms with Crippen LogP contribution in [0.25, 0.3) is 0 Å². The van der Waals surface area contributed by atoms with E-state index in [-0.39, 0.29) is 73.4 Å². The highest BCUT2D eigenvalue weighted by Gasteiger charge is 2.68. The molecule has 256 valence electrons. The lowest BCUT2D eigenvalue weighted by Crippen LogP contribution is -2.62. The number of nitrogens with one attached hydrogen (secondary N) is 1. The molecule has 8 atom stereocenters. The van der Waals surface area contributed by atoms with E-state index in [2.05, 4.69) is 12.2 Å². The van der Waals surface area contributed by atoms with E-state index < -0.39 is 53.4 Å². The van der Waals surface area contributed by atoms with Gasteiger partial charge in [0.05, 0.1) is 19.1 Å². The number of carbonyl (C=O) groups excluding carboxylic acids is 5. The second-order valence-electron chi connectivity index (χ2n) is 14.3. The smallest absolute Gasteiger partial charge is 0.328 e. The standard InChI is InChI=1S/C36H47NO10/c1-4-46-33(44)27(17-21-5-8-23(38)9-6-21)37-30(42)11-12-31(43)47-20-29(41)36(45)16-14-26-25-10-7-22-18-24(39)13-15-34(22,2)32(25)28(40)19-35(26,36)3/h5-6,8-9,18,25-28,32,38,40,45H,4,7,10-17,19-20H2,1-3H3,(H,37,42)/t25?,26?,27?,28?,32?,34-,35-,36-/m0/s1. The molecule has 3 fully saturated rings. The number of benzene rings is 1. The number of esters is 2. The number of carbonyl (C=O) groups is 5. The van der Waals surface area contributed by atoms with Gasteiger partial charge in [-0.1, -0.05) is 31.6 Å². The highest BCUT2D eigenvalue weighted by Crippen LogP contribution is 2.67. The Morgan fingerprint density at radius 3 is 2.45 bits per heavy atom. The van der Waals surface area contributed by atoms with E-state index in [1.54, 1.807) is 25.1 Å². The van der Waals surface area contributed by atoms with Crippen LogP contribution in [0.5, 0.6) is 5.75 Å². The number of aromatic hydroxyl groups is 1. The largest absolute Gasteiger partial charge is 0.508 e. The number of hydrogen-bond donors (Lipinski definition) is 4. The van der Waals surface area contributed by atoms with Gasteiger partial charge >= 0.3 is 11.9 Å². The third-order valence-electron chi connectivity index (χ3n) is 11.7. The van der Waals surface area contributed by atoms with E-state index in [0.717, 1.165) is 18.4 Å². The molecule has 4 aliphatic rings. The molecule has 0 radical (unpaired) electrons. The first-order valence-corrected chi connectivity index (χ1v) is 16.8. The number of ether oxygens (including phenoxy) is 2. The van der Waals surface area contributed by atoms with E-state index in [0.29, 0.717) is 24.8 Å². The van der Waals surface area contributed by atoms with E-state index in [4.69, 9.17) is 9.47 Å². The molecule has 5 rings (SSSR count). The van der Waals surface area contributed by atoms with Gasteiger partial charge in [0.15, 0.2) is 12.4 Å². The number of rotatable bonds is 11. The van der Waals surface area contributed by atoms with Crippen LogP contribution in [0.3, 0.4) is 0 Å². The molecule has 47 heavy (non-hydrogen) atoms. The molecular formula is C36H47NO10. The third kappa shape index (κ3) is 6.61. The minimum atomic E-state index is -1.78. The Labute approximate surface area is 275 Å². The van der Waals surface area contributed by atoms with Crippen molar-refractivity contribution in [1.29, 1.82) is 0 Å². The van der Waals surface area contributed by atoms with Gasteiger partial charge in [-0.05, 0) is 92.4 Å². The second-order valence-corrected chi connectivity index (χ2v) is 14.3. The summed E-state index contributed by atoms with van der Waals surface area (Å²) in [7, 11) is 0. The van der Waals surface area contributed by atoms with Crippen LogP contribution in [-0.2, 0) is 39.9 Å². The molecule has 4 aliphatic carbocycles. The Kier molecular flexibility index (Phi) is 9.99. The van der Waals surface area contributed by atoms with Crippen molar-refractivity contribution in [3.8, 4) is 5.75 Å². The highest BCUT2D eigenvalue weighted by atomic mass is 16.5. The quantitative estimate of drug-likeness (QED) is 0.260. The fourth-order valence-electron chi connectivity index (χ4n) is 9.27. The van der Waals surface area contributed by atoms with E-state index in [9.17, 15) is 39.3 Å². The topological polar surface area (TPSA) is 177 Å². The number of phenolic OH excluding ortho intramolecular Hbond substituents is 1. The average Bonchev–Trinajstić information content (AvgIpc) is 3.30. The van der Waals surface area contributed by atoms with Crippen molar-refractivity contribution in [2.45, 2.75) is 103 Å². The molecule has 0 saturated heterocycles. The number of aliphatic hydroxyl groups is 2. The van der Waals surface area contributed by atoms with E-state index in [1.807, 2.05) is 6.92 Å². The first-order chi connectivity index (χ1) is 22.2. The van der Waals surface area contributed by atoms with Crippen LogP contribution in [0.15, 0.2) is 35.9 Å². The zero-order chi connectivity index (χ0) is 34.1. The number of Topliss-reactive ketones (excluding diaryl/α,β-unsaturated/α-hetero) is 1. The Morgan fingerprint density at radius 1 is 1.02 bits per heavy atom. The fraction of sp³-hybridized carbons (Fsp3) is 0.639. The number of amides is 1. The predicted octanol–water partition coefficient (Wildman–Crippen LogP) is 3.11. The van der Waals surface area contributed by atoms with Crippen LogP contribution in [0.1, 0.15) is 84.1 Å². The zero-order valence-electron chi connectivity index (χ0n) is 27.5. The lowest BCUT2D eigenvalue weighted by molar-refractivity contribution is -0.184. The number of allylic oxidation sites excluding steroid dienone is 1. The zero-order valence-corrected chi connectivity index (χ0v) is 27.5.